The van der Waals surface area contributed by atoms with Gasteiger partial charge in [0.05, 0.1) is 5.41 Å². The van der Waals surface area contributed by atoms with Crippen LogP contribution in [0.15, 0.2) is 113 Å². The van der Waals surface area contributed by atoms with Crippen LogP contribution in [-0.2, 0) is 22.8 Å². The van der Waals surface area contributed by atoms with Gasteiger partial charge in [0.1, 0.15) is 30.0 Å². The normalized spacial score (nSPS) is 20.9. The molecule has 0 heterocycles. The fourth-order valence-electron chi connectivity index (χ4n) is 8.95. The minimum absolute atomic E-state index is 0.0312. The second-order valence-corrected chi connectivity index (χ2v) is 19.9. The first-order chi connectivity index (χ1) is 29.1. The van der Waals surface area contributed by atoms with Crippen LogP contribution < -0.4 is 9.47 Å². The number of benzene rings is 3. The van der Waals surface area contributed by atoms with E-state index in [4.69, 9.17) is 55.9 Å². The van der Waals surface area contributed by atoms with Crippen LogP contribution in [0.4, 0.5) is 0 Å². The summed E-state index contributed by atoms with van der Waals surface area (Å²) in [5, 5.41) is 14.4. The van der Waals surface area contributed by atoms with E-state index < -0.39 is 33.6 Å². The summed E-state index contributed by atoms with van der Waals surface area (Å²) in [5.74, 6) is -2.29. The Labute approximate surface area is 387 Å². The lowest BCUT2D eigenvalue weighted by molar-refractivity contribution is -0.172. The number of ether oxygens (including phenoxy) is 2. The lowest BCUT2D eigenvalue weighted by Gasteiger charge is -2.60. The van der Waals surface area contributed by atoms with E-state index in [1.807, 2.05) is 68.4 Å². The topological polar surface area (TPSA) is 89.9 Å². The van der Waals surface area contributed by atoms with Crippen molar-refractivity contribution in [3.05, 3.63) is 150 Å². The quantitative estimate of drug-likeness (QED) is 0.0628. The second-order valence-electron chi connectivity index (χ2n) is 18.2. The van der Waals surface area contributed by atoms with Crippen molar-refractivity contribution in [2.75, 3.05) is 0 Å². The van der Waals surface area contributed by atoms with Crippen LogP contribution in [0.3, 0.4) is 0 Å². The van der Waals surface area contributed by atoms with Crippen LogP contribution in [0.2, 0.25) is 20.1 Å². The molecule has 5 rings (SSSR count). The number of ketones is 3. The standard InChI is InChI=1S/C52H58Cl4O6/c1-30(2)17-19-35(33(7)8)26-51-27-36(21-18-31(3)4)50(9,10)52(49(51)60,24-23-32(5)6)48(59)45(47(51)58)46(57)34-20-22-43(61-28-37-39(53)13-11-14-40(37)54)44(25-34)62-29-38-41(55)15-12-16-42(38)56/h11-18,20,22-23,25,35-36,58H,7,19,21,24,26-29H2,1-6,8-10H3. The maximum absolute atomic E-state index is 15.7. The smallest absolute Gasteiger partial charge is 0.200 e. The third-order valence-corrected chi connectivity index (χ3v) is 14.3. The van der Waals surface area contributed by atoms with Crippen molar-refractivity contribution in [1.82, 2.24) is 0 Å². The van der Waals surface area contributed by atoms with Crippen LogP contribution >= 0.6 is 46.4 Å². The molecule has 330 valence electrons. The summed E-state index contributed by atoms with van der Waals surface area (Å²) in [5.41, 5.74) is 0.549. The number of allylic oxidation sites excluding steroid dienone is 9. The molecule has 1 fully saturated rings. The van der Waals surface area contributed by atoms with E-state index >= 15 is 14.4 Å². The van der Waals surface area contributed by atoms with Crippen molar-refractivity contribution in [2.24, 2.45) is 28.1 Å². The molecule has 0 amide bonds. The number of rotatable bonds is 17. The maximum atomic E-state index is 15.7. The van der Waals surface area contributed by atoms with E-state index in [0.717, 1.165) is 22.3 Å². The third-order valence-electron chi connectivity index (χ3n) is 12.9. The average molecular weight is 921 g/mol. The molecule has 1 N–H and O–H groups in total. The van der Waals surface area contributed by atoms with Gasteiger partial charge in [0.15, 0.2) is 28.8 Å². The molecule has 0 spiro atoms. The van der Waals surface area contributed by atoms with E-state index in [9.17, 15) is 5.11 Å². The lowest BCUT2D eigenvalue weighted by atomic mass is 9.39. The second kappa shape index (κ2) is 19.8. The fourth-order valence-corrected chi connectivity index (χ4v) is 9.96. The zero-order chi connectivity index (χ0) is 45.9. The number of Topliss-reactive ketones (excluding diaryl/α,β-unsaturated/α-hetero) is 3. The molecule has 3 aromatic rings. The van der Waals surface area contributed by atoms with Gasteiger partial charge in [-0.15, -0.1) is 0 Å². The highest BCUT2D eigenvalue weighted by Gasteiger charge is 2.72. The molecular formula is C52H58Cl4O6. The van der Waals surface area contributed by atoms with Gasteiger partial charge in [-0.3, -0.25) is 14.4 Å². The van der Waals surface area contributed by atoms with Gasteiger partial charge in [-0.25, -0.2) is 0 Å². The Kier molecular flexibility index (Phi) is 15.6. The molecule has 2 aliphatic rings. The summed E-state index contributed by atoms with van der Waals surface area (Å²) in [4.78, 5) is 46.6. The highest BCUT2D eigenvalue weighted by molar-refractivity contribution is 6.37. The Morgan fingerprint density at radius 1 is 0.790 bits per heavy atom. The molecule has 0 saturated heterocycles. The van der Waals surface area contributed by atoms with E-state index in [1.54, 1.807) is 42.5 Å². The zero-order valence-corrected chi connectivity index (χ0v) is 40.3. The summed E-state index contributed by atoms with van der Waals surface area (Å²) < 4.78 is 12.6. The third kappa shape index (κ3) is 9.70. The van der Waals surface area contributed by atoms with Gasteiger partial charge in [-0.1, -0.05) is 119 Å². The van der Waals surface area contributed by atoms with E-state index in [-0.39, 0.29) is 72.7 Å². The molecule has 62 heavy (non-hydrogen) atoms. The molecule has 6 nitrogen and oxygen atoms in total. The fraction of sp³-hybridized carbons (Fsp3) is 0.404. The molecule has 10 heteroatoms. The Bertz CT molecular complexity index is 2350. The van der Waals surface area contributed by atoms with Gasteiger partial charge in [0.2, 0.25) is 0 Å². The first kappa shape index (κ1) is 49.0. The molecular weight excluding hydrogens is 862 g/mol. The van der Waals surface area contributed by atoms with Crippen LogP contribution in [0.25, 0.3) is 0 Å². The van der Waals surface area contributed by atoms with Crippen molar-refractivity contribution in [2.45, 2.75) is 108 Å². The van der Waals surface area contributed by atoms with Gasteiger partial charge in [-0.2, -0.15) is 0 Å². The van der Waals surface area contributed by atoms with Gasteiger partial charge in [-0.05, 0) is 140 Å². The zero-order valence-electron chi connectivity index (χ0n) is 37.2. The van der Waals surface area contributed by atoms with E-state index in [2.05, 4.69) is 18.7 Å². The number of hydrogen-bond donors (Lipinski definition) is 1. The Balaban J connectivity index is 1.74. The van der Waals surface area contributed by atoms with E-state index in [0.29, 0.717) is 44.1 Å². The largest absolute Gasteiger partial charge is 0.510 e. The monoisotopic (exact) mass is 918 g/mol. The van der Waals surface area contributed by atoms with Gasteiger partial charge < -0.3 is 14.6 Å². The molecule has 2 bridgehead atoms. The van der Waals surface area contributed by atoms with Crippen molar-refractivity contribution >= 4 is 63.8 Å². The first-order valence-corrected chi connectivity index (χ1v) is 22.5. The number of fused-ring (bicyclic) bond motifs is 2. The summed E-state index contributed by atoms with van der Waals surface area (Å²) in [6.07, 6.45) is 7.83. The number of halogens is 4. The van der Waals surface area contributed by atoms with Gasteiger partial charge >= 0.3 is 0 Å². The van der Waals surface area contributed by atoms with Crippen LogP contribution in [0.1, 0.15) is 116 Å². The summed E-state index contributed by atoms with van der Waals surface area (Å²) in [7, 11) is 0. The van der Waals surface area contributed by atoms with Crippen molar-refractivity contribution < 1.29 is 29.0 Å². The highest BCUT2D eigenvalue weighted by Crippen LogP contribution is 2.67. The number of aliphatic hydroxyl groups excluding tert-OH is 1. The number of hydrogen-bond acceptors (Lipinski definition) is 6. The van der Waals surface area contributed by atoms with Gasteiger partial charge in [0.25, 0.3) is 0 Å². The Morgan fingerprint density at radius 2 is 1.31 bits per heavy atom. The number of carbonyl (C=O) groups is 3. The molecule has 0 radical (unpaired) electrons. The van der Waals surface area contributed by atoms with E-state index in [1.165, 1.54) is 12.1 Å². The summed E-state index contributed by atoms with van der Waals surface area (Å²) >= 11 is 26.0. The molecule has 2 aliphatic carbocycles. The van der Waals surface area contributed by atoms with Crippen molar-refractivity contribution in [1.29, 1.82) is 0 Å². The molecule has 4 atom stereocenters. The van der Waals surface area contributed by atoms with Crippen LogP contribution in [0.5, 0.6) is 11.5 Å². The minimum atomic E-state index is -1.67. The molecule has 0 aromatic heterocycles. The Morgan fingerprint density at radius 3 is 1.81 bits per heavy atom. The Hall–Kier alpha value is -4.07. The van der Waals surface area contributed by atoms with Gasteiger partial charge in [0, 0.05) is 36.8 Å². The molecule has 0 aliphatic heterocycles. The average Bonchev–Trinajstić information content (AvgIpc) is 3.19. The predicted octanol–water partition coefficient (Wildman–Crippen LogP) is 15.3. The van der Waals surface area contributed by atoms with Crippen LogP contribution in [-0.4, -0.2) is 22.5 Å². The molecule has 1 saturated carbocycles. The lowest BCUT2D eigenvalue weighted by Crippen LogP contribution is -2.67. The van der Waals surface area contributed by atoms with Crippen LogP contribution in [0, 0.1) is 28.1 Å². The predicted molar refractivity (Wildman–Crippen MR) is 254 cm³/mol. The summed E-state index contributed by atoms with van der Waals surface area (Å²) in [6.45, 7) is 22.0. The van der Waals surface area contributed by atoms with Crippen molar-refractivity contribution in [3.8, 4) is 11.5 Å². The highest BCUT2D eigenvalue weighted by atomic mass is 35.5. The molecule has 4 unspecified atom stereocenters. The van der Waals surface area contributed by atoms with Crippen molar-refractivity contribution in [3.63, 3.8) is 0 Å². The maximum Gasteiger partial charge on any atom is 0.200 e. The SMILES string of the molecule is C=C(C)C(CC=C(C)C)CC12CC(CC=C(C)C)C(C)(C)C(CC=C(C)C)(C(=O)C(C(=O)c3ccc(OCc4c(Cl)cccc4Cl)c(OCc4c(Cl)cccc4Cl)c3)=C1O)C2=O. The first-order valence-electron chi connectivity index (χ1n) is 21.0. The molecule has 3 aromatic carbocycles. The number of aliphatic hydroxyl groups is 1. The number of carbonyl (C=O) groups excluding carboxylic acids is 3. The summed E-state index contributed by atoms with van der Waals surface area (Å²) in [6, 6.07) is 14.8. The minimum Gasteiger partial charge on any atom is -0.510 e.